The highest BCUT2D eigenvalue weighted by molar-refractivity contribution is 5.75. The zero-order valence-electron chi connectivity index (χ0n) is 16.3. The number of hydrogen-bond acceptors (Lipinski definition) is 3. The van der Waals surface area contributed by atoms with Crippen LogP contribution in [0.25, 0.3) is 0 Å². The third-order valence-electron chi connectivity index (χ3n) is 7.38. The van der Waals surface area contributed by atoms with E-state index in [1.165, 1.54) is 38.5 Å². The first-order valence-corrected chi connectivity index (χ1v) is 10.8. The normalized spacial score (nSPS) is 41.2. The molecule has 0 spiro atoms. The van der Waals surface area contributed by atoms with Gasteiger partial charge in [-0.25, -0.2) is 4.79 Å². The number of hydrogen-bond donors (Lipinski definition) is 2. The van der Waals surface area contributed by atoms with Crippen LogP contribution in [-0.4, -0.2) is 44.5 Å². The summed E-state index contributed by atoms with van der Waals surface area (Å²) >= 11 is 0. The Balaban J connectivity index is 1.18. The fourth-order valence-electron chi connectivity index (χ4n) is 6.59. The Kier molecular flexibility index (Phi) is 5.75. The maximum Gasteiger partial charge on any atom is 0.315 e. The Hall–Kier alpha value is -0.810. The van der Waals surface area contributed by atoms with Crippen LogP contribution in [-0.2, 0) is 9.47 Å². The van der Waals surface area contributed by atoms with Gasteiger partial charge in [-0.2, -0.15) is 0 Å². The second-order valence-electron chi connectivity index (χ2n) is 9.58. The van der Waals surface area contributed by atoms with Gasteiger partial charge in [0.25, 0.3) is 0 Å². The van der Waals surface area contributed by atoms with Gasteiger partial charge >= 0.3 is 6.03 Å². The standard InChI is InChI=1S/C21H36N2O3/c1-25-6-7-26-14-15-2-4-19(5-3-15)22-20(24)23-21-11-16-8-17(12-21)10-18(9-16)13-21/h15-19H,2-14H2,1H3,(H2,22,23,24). The molecule has 5 aliphatic carbocycles. The largest absolute Gasteiger partial charge is 0.382 e. The Morgan fingerprint density at radius 1 is 0.962 bits per heavy atom. The molecule has 5 aliphatic rings. The van der Waals surface area contributed by atoms with Gasteiger partial charge in [-0.1, -0.05) is 0 Å². The van der Waals surface area contributed by atoms with Crippen molar-refractivity contribution in [3.8, 4) is 0 Å². The van der Waals surface area contributed by atoms with Gasteiger partial charge in [-0.3, -0.25) is 0 Å². The van der Waals surface area contributed by atoms with E-state index >= 15 is 0 Å². The first-order chi connectivity index (χ1) is 12.6. The predicted octanol–water partition coefficient (Wildman–Crippen LogP) is 3.48. The zero-order valence-corrected chi connectivity index (χ0v) is 16.3. The summed E-state index contributed by atoms with van der Waals surface area (Å²) in [5.74, 6) is 3.25. The molecule has 0 aromatic carbocycles. The number of methoxy groups -OCH3 is 1. The quantitative estimate of drug-likeness (QED) is 0.680. The van der Waals surface area contributed by atoms with Crippen molar-refractivity contribution in [3.63, 3.8) is 0 Å². The molecule has 5 saturated carbocycles. The number of urea groups is 1. The van der Waals surface area contributed by atoms with Gasteiger partial charge in [-0.15, -0.1) is 0 Å². The molecule has 5 rings (SSSR count). The molecule has 5 nitrogen and oxygen atoms in total. The summed E-state index contributed by atoms with van der Waals surface area (Å²) in [6, 6.07) is 0.422. The lowest BCUT2D eigenvalue weighted by Gasteiger charge is -2.56. The van der Waals surface area contributed by atoms with E-state index in [-0.39, 0.29) is 11.6 Å². The van der Waals surface area contributed by atoms with Crippen molar-refractivity contribution in [2.45, 2.75) is 75.8 Å². The molecule has 0 unspecified atom stereocenters. The molecule has 5 heteroatoms. The second kappa shape index (κ2) is 8.05. The van der Waals surface area contributed by atoms with Gasteiger partial charge in [0.05, 0.1) is 13.2 Å². The lowest BCUT2D eigenvalue weighted by atomic mass is 9.53. The van der Waals surface area contributed by atoms with Crippen molar-refractivity contribution in [2.75, 3.05) is 26.9 Å². The highest BCUT2D eigenvalue weighted by Crippen LogP contribution is 2.55. The summed E-state index contributed by atoms with van der Waals surface area (Å²) in [5, 5.41) is 6.72. The van der Waals surface area contributed by atoms with Crippen LogP contribution in [0.15, 0.2) is 0 Å². The monoisotopic (exact) mass is 364 g/mol. The van der Waals surface area contributed by atoms with Crippen LogP contribution < -0.4 is 10.6 Å². The van der Waals surface area contributed by atoms with Gasteiger partial charge in [-0.05, 0) is 87.9 Å². The number of rotatable bonds is 7. The zero-order chi connectivity index (χ0) is 18.0. The van der Waals surface area contributed by atoms with Crippen molar-refractivity contribution >= 4 is 6.03 Å². The third-order valence-corrected chi connectivity index (χ3v) is 7.38. The highest BCUT2D eigenvalue weighted by Gasteiger charge is 2.51. The summed E-state index contributed by atoms with van der Waals surface area (Å²) in [6.07, 6.45) is 12.4. The Morgan fingerprint density at radius 3 is 2.15 bits per heavy atom. The van der Waals surface area contributed by atoms with E-state index in [1.807, 2.05) is 0 Å². The van der Waals surface area contributed by atoms with Crippen LogP contribution in [0.5, 0.6) is 0 Å². The van der Waals surface area contributed by atoms with Crippen molar-refractivity contribution < 1.29 is 14.3 Å². The number of ether oxygens (including phenoxy) is 2. The smallest absolute Gasteiger partial charge is 0.315 e. The highest BCUT2D eigenvalue weighted by atomic mass is 16.5. The van der Waals surface area contributed by atoms with Crippen LogP contribution in [0.1, 0.15) is 64.2 Å². The van der Waals surface area contributed by atoms with E-state index in [9.17, 15) is 4.79 Å². The number of nitrogens with one attached hydrogen (secondary N) is 2. The number of carbonyl (C=O) groups is 1. The van der Waals surface area contributed by atoms with Gasteiger partial charge in [0.1, 0.15) is 0 Å². The van der Waals surface area contributed by atoms with Crippen LogP contribution in [0.4, 0.5) is 4.79 Å². The average Bonchev–Trinajstić information content (AvgIpc) is 2.58. The van der Waals surface area contributed by atoms with E-state index in [0.717, 1.165) is 50.0 Å². The topological polar surface area (TPSA) is 59.6 Å². The van der Waals surface area contributed by atoms with Crippen molar-refractivity contribution in [1.82, 2.24) is 10.6 Å². The van der Waals surface area contributed by atoms with E-state index in [0.29, 0.717) is 25.2 Å². The van der Waals surface area contributed by atoms with E-state index in [4.69, 9.17) is 9.47 Å². The first kappa shape index (κ1) is 18.5. The molecule has 4 bridgehead atoms. The molecule has 2 N–H and O–H groups in total. The second-order valence-corrected chi connectivity index (χ2v) is 9.58. The van der Waals surface area contributed by atoms with Crippen LogP contribution in [0.2, 0.25) is 0 Å². The first-order valence-electron chi connectivity index (χ1n) is 10.8. The fourth-order valence-corrected chi connectivity index (χ4v) is 6.59. The van der Waals surface area contributed by atoms with Crippen LogP contribution in [0.3, 0.4) is 0 Å². The summed E-state index contributed by atoms with van der Waals surface area (Å²) in [5.41, 5.74) is 0.116. The molecule has 0 heterocycles. The van der Waals surface area contributed by atoms with Crippen molar-refractivity contribution in [2.24, 2.45) is 23.7 Å². The van der Waals surface area contributed by atoms with Gasteiger partial charge in [0.2, 0.25) is 0 Å². The van der Waals surface area contributed by atoms with Crippen molar-refractivity contribution in [1.29, 1.82) is 0 Å². The molecule has 0 atom stereocenters. The maximum absolute atomic E-state index is 12.7. The Labute approximate surface area is 158 Å². The summed E-state index contributed by atoms with van der Waals surface area (Å²) in [4.78, 5) is 12.7. The fraction of sp³-hybridized carbons (Fsp3) is 0.952. The minimum atomic E-state index is 0.0896. The molecule has 2 amide bonds. The molecule has 26 heavy (non-hydrogen) atoms. The molecule has 0 aromatic heterocycles. The lowest BCUT2D eigenvalue weighted by Crippen LogP contribution is -2.62. The summed E-state index contributed by atoms with van der Waals surface area (Å²) in [6.45, 7) is 2.18. The van der Waals surface area contributed by atoms with E-state index in [2.05, 4.69) is 10.6 Å². The Bertz CT molecular complexity index is 452. The van der Waals surface area contributed by atoms with Gasteiger partial charge in [0.15, 0.2) is 0 Å². The third kappa shape index (κ3) is 4.36. The van der Waals surface area contributed by atoms with E-state index < -0.39 is 0 Å². The molecule has 148 valence electrons. The average molecular weight is 365 g/mol. The van der Waals surface area contributed by atoms with E-state index in [1.54, 1.807) is 7.11 Å². The summed E-state index contributed by atoms with van der Waals surface area (Å²) < 4.78 is 10.7. The molecule has 5 fully saturated rings. The molecular formula is C21H36N2O3. The van der Waals surface area contributed by atoms with Crippen molar-refractivity contribution in [3.05, 3.63) is 0 Å². The predicted molar refractivity (Wildman–Crippen MR) is 101 cm³/mol. The molecule has 0 aliphatic heterocycles. The van der Waals surface area contributed by atoms with Crippen LogP contribution >= 0.6 is 0 Å². The minimum absolute atomic E-state index is 0.0896. The number of amides is 2. The minimum Gasteiger partial charge on any atom is -0.382 e. The van der Waals surface area contributed by atoms with Crippen LogP contribution in [0, 0.1) is 23.7 Å². The lowest BCUT2D eigenvalue weighted by molar-refractivity contribution is -0.0138. The SMILES string of the molecule is COCCOCC1CCC(NC(=O)NC23CC4CC(CC(C4)C2)C3)CC1. The maximum atomic E-state index is 12.7. The molecular weight excluding hydrogens is 328 g/mol. The van der Waals surface area contributed by atoms with Gasteiger partial charge in [0, 0.05) is 25.3 Å². The van der Waals surface area contributed by atoms with Gasteiger partial charge < -0.3 is 20.1 Å². The molecule has 0 radical (unpaired) electrons. The Morgan fingerprint density at radius 2 is 1.58 bits per heavy atom. The number of carbonyl (C=O) groups excluding carboxylic acids is 1. The molecule has 0 saturated heterocycles. The summed E-state index contributed by atoms with van der Waals surface area (Å²) in [7, 11) is 1.70. The molecule has 0 aromatic rings.